The standard InChI is InChI=1S/C14H17FN2O/c15-12-4-3-11(13(7-12)10-1-2-10)9-17-6-5-16-8-14(17)18/h3-4,7,10,16H,1-2,5-6,8-9H2. The summed E-state index contributed by atoms with van der Waals surface area (Å²) in [6.45, 7) is 2.61. The van der Waals surface area contributed by atoms with Gasteiger partial charge < -0.3 is 10.2 Å². The first-order valence-corrected chi connectivity index (χ1v) is 6.51. The molecule has 0 radical (unpaired) electrons. The minimum atomic E-state index is -0.174. The lowest BCUT2D eigenvalue weighted by molar-refractivity contribution is -0.132. The number of piperazine rings is 1. The van der Waals surface area contributed by atoms with E-state index < -0.39 is 0 Å². The molecule has 4 heteroatoms. The van der Waals surface area contributed by atoms with Crippen LogP contribution in [-0.2, 0) is 11.3 Å². The van der Waals surface area contributed by atoms with Crippen LogP contribution in [-0.4, -0.2) is 30.4 Å². The van der Waals surface area contributed by atoms with Crippen molar-refractivity contribution in [1.82, 2.24) is 10.2 Å². The van der Waals surface area contributed by atoms with Crippen LogP contribution in [0.25, 0.3) is 0 Å². The third-order valence-electron chi connectivity index (χ3n) is 3.67. The molecule has 3 rings (SSSR count). The van der Waals surface area contributed by atoms with Crippen molar-refractivity contribution in [3.63, 3.8) is 0 Å². The molecule has 1 heterocycles. The lowest BCUT2D eigenvalue weighted by Gasteiger charge is -2.28. The van der Waals surface area contributed by atoms with Crippen molar-refractivity contribution in [2.75, 3.05) is 19.6 Å². The van der Waals surface area contributed by atoms with Gasteiger partial charge in [-0.25, -0.2) is 4.39 Å². The summed E-state index contributed by atoms with van der Waals surface area (Å²) in [6.07, 6.45) is 2.29. The van der Waals surface area contributed by atoms with E-state index in [4.69, 9.17) is 0 Å². The highest BCUT2D eigenvalue weighted by atomic mass is 19.1. The number of rotatable bonds is 3. The fourth-order valence-corrected chi connectivity index (χ4v) is 2.50. The van der Waals surface area contributed by atoms with Gasteiger partial charge in [0.15, 0.2) is 0 Å². The average molecular weight is 248 g/mol. The van der Waals surface area contributed by atoms with Crippen LogP contribution in [0.15, 0.2) is 18.2 Å². The molecular weight excluding hydrogens is 231 g/mol. The summed E-state index contributed by atoms with van der Waals surface area (Å²) in [4.78, 5) is 13.6. The number of amides is 1. The van der Waals surface area contributed by atoms with Crippen LogP contribution >= 0.6 is 0 Å². The summed E-state index contributed by atoms with van der Waals surface area (Å²) in [5, 5.41) is 3.06. The Labute approximate surface area is 106 Å². The Bertz CT molecular complexity index is 471. The van der Waals surface area contributed by atoms with E-state index in [9.17, 15) is 9.18 Å². The van der Waals surface area contributed by atoms with Crippen LogP contribution in [0, 0.1) is 5.82 Å². The van der Waals surface area contributed by atoms with E-state index in [-0.39, 0.29) is 11.7 Å². The zero-order chi connectivity index (χ0) is 12.5. The molecule has 2 aliphatic rings. The largest absolute Gasteiger partial charge is 0.336 e. The molecule has 0 unspecified atom stereocenters. The summed E-state index contributed by atoms with van der Waals surface area (Å²) in [6, 6.07) is 4.96. The molecule has 3 nitrogen and oxygen atoms in total. The predicted molar refractivity (Wildman–Crippen MR) is 66.7 cm³/mol. The maximum absolute atomic E-state index is 13.3. The van der Waals surface area contributed by atoms with E-state index in [1.807, 2.05) is 11.0 Å². The minimum Gasteiger partial charge on any atom is -0.336 e. The number of benzene rings is 1. The van der Waals surface area contributed by atoms with Gasteiger partial charge in [0, 0.05) is 19.6 Å². The van der Waals surface area contributed by atoms with E-state index in [2.05, 4.69) is 5.32 Å². The predicted octanol–water partition coefficient (Wildman–Crippen LogP) is 1.63. The topological polar surface area (TPSA) is 32.3 Å². The molecule has 1 amide bonds. The molecule has 1 aliphatic heterocycles. The Hall–Kier alpha value is -1.42. The SMILES string of the molecule is O=C1CNCCN1Cc1ccc(F)cc1C1CC1. The zero-order valence-electron chi connectivity index (χ0n) is 10.3. The first-order chi connectivity index (χ1) is 8.74. The first-order valence-electron chi connectivity index (χ1n) is 6.51. The molecule has 2 fully saturated rings. The van der Waals surface area contributed by atoms with Crippen LogP contribution in [0.4, 0.5) is 4.39 Å². The van der Waals surface area contributed by atoms with E-state index in [1.54, 1.807) is 6.07 Å². The quantitative estimate of drug-likeness (QED) is 0.882. The van der Waals surface area contributed by atoms with E-state index in [0.717, 1.165) is 37.1 Å². The first kappa shape index (κ1) is 11.7. The second kappa shape index (κ2) is 4.69. The van der Waals surface area contributed by atoms with Crippen LogP contribution in [0.2, 0.25) is 0 Å². The van der Waals surface area contributed by atoms with Gasteiger partial charge in [0.1, 0.15) is 5.82 Å². The fraction of sp³-hybridized carbons (Fsp3) is 0.500. The highest BCUT2D eigenvalue weighted by Crippen LogP contribution is 2.42. The molecule has 0 spiro atoms. The Morgan fingerprint density at radius 3 is 2.94 bits per heavy atom. The number of hydrogen-bond acceptors (Lipinski definition) is 2. The van der Waals surface area contributed by atoms with E-state index >= 15 is 0 Å². The van der Waals surface area contributed by atoms with Gasteiger partial charge >= 0.3 is 0 Å². The van der Waals surface area contributed by atoms with Gasteiger partial charge in [-0.3, -0.25) is 4.79 Å². The number of nitrogens with one attached hydrogen (secondary N) is 1. The third-order valence-corrected chi connectivity index (χ3v) is 3.67. The van der Waals surface area contributed by atoms with Crippen molar-refractivity contribution < 1.29 is 9.18 Å². The highest BCUT2D eigenvalue weighted by molar-refractivity contribution is 5.79. The van der Waals surface area contributed by atoms with Gasteiger partial charge in [-0.15, -0.1) is 0 Å². The highest BCUT2D eigenvalue weighted by Gasteiger charge is 2.27. The zero-order valence-corrected chi connectivity index (χ0v) is 10.3. The van der Waals surface area contributed by atoms with Gasteiger partial charge in [-0.1, -0.05) is 6.07 Å². The Balaban J connectivity index is 1.81. The van der Waals surface area contributed by atoms with Gasteiger partial charge in [-0.05, 0) is 42.0 Å². The molecule has 96 valence electrons. The Morgan fingerprint density at radius 1 is 1.39 bits per heavy atom. The monoisotopic (exact) mass is 248 g/mol. The Kier molecular flexibility index (Phi) is 3.04. The van der Waals surface area contributed by atoms with Crippen molar-refractivity contribution in [3.8, 4) is 0 Å². The van der Waals surface area contributed by atoms with Crippen LogP contribution in [0.3, 0.4) is 0 Å². The number of carbonyl (C=O) groups is 1. The van der Waals surface area contributed by atoms with Crippen molar-refractivity contribution in [1.29, 1.82) is 0 Å². The molecule has 1 N–H and O–H groups in total. The molecule has 1 aliphatic carbocycles. The van der Waals surface area contributed by atoms with Crippen LogP contribution < -0.4 is 5.32 Å². The second-order valence-electron chi connectivity index (χ2n) is 5.11. The van der Waals surface area contributed by atoms with Crippen LogP contribution in [0.1, 0.15) is 29.9 Å². The molecule has 1 saturated carbocycles. The molecule has 18 heavy (non-hydrogen) atoms. The lowest BCUT2D eigenvalue weighted by atomic mass is 10.0. The van der Waals surface area contributed by atoms with Crippen molar-refractivity contribution in [2.24, 2.45) is 0 Å². The van der Waals surface area contributed by atoms with Gasteiger partial charge in [0.2, 0.25) is 5.91 Å². The summed E-state index contributed by atoms with van der Waals surface area (Å²) in [5.41, 5.74) is 2.20. The summed E-state index contributed by atoms with van der Waals surface area (Å²) >= 11 is 0. The number of nitrogens with zero attached hydrogens (tertiary/aromatic N) is 1. The van der Waals surface area contributed by atoms with E-state index in [1.165, 1.54) is 6.07 Å². The summed E-state index contributed by atoms with van der Waals surface area (Å²) < 4.78 is 13.3. The number of halogens is 1. The smallest absolute Gasteiger partial charge is 0.236 e. The number of carbonyl (C=O) groups excluding carboxylic acids is 1. The minimum absolute atomic E-state index is 0.132. The Morgan fingerprint density at radius 2 is 2.22 bits per heavy atom. The molecule has 1 saturated heterocycles. The second-order valence-corrected chi connectivity index (χ2v) is 5.11. The molecule has 0 aromatic heterocycles. The summed E-state index contributed by atoms with van der Waals surface area (Å²) in [5.74, 6) is 0.466. The fourth-order valence-electron chi connectivity index (χ4n) is 2.50. The van der Waals surface area contributed by atoms with Crippen molar-refractivity contribution in [3.05, 3.63) is 35.1 Å². The van der Waals surface area contributed by atoms with Crippen molar-refractivity contribution >= 4 is 5.91 Å². The molecule has 0 bridgehead atoms. The third kappa shape index (κ3) is 2.38. The van der Waals surface area contributed by atoms with E-state index in [0.29, 0.717) is 19.0 Å². The average Bonchev–Trinajstić information content (AvgIpc) is 3.18. The molecule has 1 aromatic rings. The van der Waals surface area contributed by atoms with Crippen LogP contribution in [0.5, 0.6) is 0 Å². The maximum Gasteiger partial charge on any atom is 0.236 e. The lowest BCUT2D eigenvalue weighted by Crippen LogP contribution is -2.47. The van der Waals surface area contributed by atoms with Crippen molar-refractivity contribution in [2.45, 2.75) is 25.3 Å². The molecule has 1 aromatic carbocycles. The van der Waals surface area contributed by atoms with Gasteiger partial charge in [-0.2, -0.15) is 0 Å². The van der Waals surface area contributed by atoms with Gasteiger partial charge in [0.25, 0.3) is 0 Å². The normalized spacial score (nSPS) is 20.3. The molecular formula is C14H17FN2O. The maximum atomic E-state index is 13.3. The summed E-state index contributed by atoms with van der Waals surface area (Å²) in [7, 11) is 0. The number of hydrogen-bond donors (Lipinski definition) is 1. The molecule has 0 atom stereocenters. The van der Waals surface area contributed by atoms with Gasteiger partial charge in [0.05, 0.1) is 6.54 Å².